The van der Waals surface area contributed by atoms with Crippen LogP contribution >= 0.6 is 0 Å². The normalized spacial score (nSPS) is 9.60. The number of carbonyl (C=O) groups is 1. The number of phenolic OH excluding ortho intramolecular Hbond substituents is 1. The van der Waals surface area contributed by atoms with Crippen LogP contribution in [-0.4, -0.2) is 16.2 Å². The second-order valence-corrected chi connectivity index (χ2v) is 3.17. The molecular weight excluding hydrogens is 194 g/mol. The molecule has 0 heterocycles. The van der Waals surface area contributed by atoms with Crippen LogP contribution in [0.1, 0.15) is 23.6 Å². The number of aromatic hydroxyl groups is 1. The second-order valence-electron chi connectivity index (χ2n) is 3.17. The van der Waals surface area contributed by atoms with Gasteiger partial charge in [-0.15, -0.1) is 0 Å². The molecule has 78 valence electrons. The number of nitrogens with zero attached hydrogens (tertiary/aromatic N) is 1. The van der Waals surface area contributed by atoms with Crippen molar-refractivity contribution in [1.82, 2.24) is 0 Å². The molecule has 0 radical (unpaired) electrons. The Labute approximate surface area is 87.4 Å². The Morgan fingerprint density at radius 3 is 2.53 bits per heavy atom. The van der Waals surface area contributed by atoms with Crippen molar-refractivity contribution in [2.45, 2.75) is 19.8 Å². The van der Waals surface area contributed by atoms with Crippen LogP contribution in [0.5, 0.6) is 5.75 Å². The standard InChI is InChI=1S/C11H11NO3/c1-2-7-3-9(13)4-8(5-11(14)15)10(7)6-12/h3-4,13H,2,5H2,1H3,(H,14,15). The van der Waals surface area contributed by atoms with Gasteiger partial charge >= 0.3 is 5.97 Å². The van der Waals surface area contributed by atoms with Crippen molar-refractivity contribution in [3.05, 3.63) is 28.8 Å². The number of rotatable bonds is 3. The molecule has 0 aliphatic rings. The number of phenols is 1. The summed E-state index contributed by atoms with van der Waals surface area (Å²) in [5, 5.41) is 26.9. The van der Waals surface area contributed by atoms with Gasteiger partial charge in [-0.3, -0.25) is 4.79 Å². The first-order valence-corrected chi connectivity index (χ1v) is 4.55. The summed E-state index contributed by atoms with van der Waals surface area (Å²) in [6.07, 6.45) is 0.341. The first kappa shape index (κ1) is 11.1. The molecule has 4 nitrogen and oxygen atoms in total. The zero-order valence-electron chi connectivity index (χ0n) is 8.32. The van der Waals surface area contributed by atoms with Gasteiger partial charge in [0.1, 0.15) is 5.75 Å². The summed E-state index contributed by atoms with van der Waals surface area (Å²) in [4.78, 5) is 10.6. The number of aliphatic carboxylic acids is 1. The van der Waals surface area contributed by atoms with E-state index in [1.807, 2.05) is 13.0 Å². The van der Waals surface area contributed by atoms with Crippen molar-refractivity contribution < 1.29 is 15.0 Å². The molecule has 1 aromatic carbocycles. The SMILES string of the molecule is CCc1cc(O)cc(CC(=O)O)c1C#N. The molecule has 0 bridgehead atoms. The van der Waals surface area contributed by atoms with Crippen LogP contribution in [-0.2, 0) is 17.6 Å². The van der Waals surface area contributed by atoms with Gasteiger partial charge in [0, 0.05) is 0 Å². The molecule has 15 heavy (non-hydrogen) atoms. The fraction of sp³-hybridized carbons (Fsp3) is 0.273. The summed E-state index contributed by atoms with van der Waals surface area (Å²) in [6.45, 7) is 1.85. The fourth-order valence-electron chi connectivity index (χ4n) is 1.47. The van der Waals surface area contributed by atoms with Crippen LogP contribution in [0, 0.1) is 11.3 Å². The number of carboxylic acid groups (broad SMARTS) is 1. The van der Waals surface area contributed by atoms with E-state index >= 15 is 0 Å². The maximum absolute atomic E-state index is 10.6. The maximum atomic E-state index is 10.6. The molecule has 0 saturated carbocycles. The average Bonchev–Trinajstić information content (AvgIpc) is 2.15. The minimum atomic E-state index is -1.01. The van der Waals surface area contributed by atoms with Crippen LogP contribution < -0.4 is 0 Å². The molecule has 2 N–H and O–H groups in total. The Hall–Kier alpha value is -2.02. The molecule has 0 amide bonds. The summed E-state index contributed by atoms with van der Waals surface area (Å²) >= 11 is 0. The number of carboxylic acids is 1. The van der Waals surface area contributed by atoms with Gasteiger partial charge in [-0.25, -0.2) is 0 Å². The van der Waals surface area contributed by atoms with Gasteiger partial charge in [-0.1, -0.05) is 6.92 Å². The number of hydrogen-bond donors (Lipinski definition) is 2. The Balaban J connectivity index is 3.30. The van der Waals surface area contributed by atoms with E-state index in [2.05, 4.69) is 0 Å². The number of benzene rings is 1. The predicted molar refractivity (Wildman–Crippen MR) is 53.5 cm³/mol. The van der Waals surface area contributed by atoms with Gasteiger partial charge in [0.15, 0.2) is 0 Å². The molecule has 4 heteroatoms. The molecular formula is C11H11NO3. The first-order valence-electron chi connectivity index (χ1n) is 4.55. The van der Waals surface area contributed by atoms with E-state index in [-0.39, 0.29) is 12.2 Å². The summed E-state index contributed by atoms with van der Waals surface area (Å²) < 4.78 is 0. The van der Waals surface area contributed by atoms with E-state index in [1.165, 1.54) is 12.1 Å². The summed E-state index contributed by atoms with van der Waals surface area (Å²) in [6, 6.07) is 4.79. The third-order valence-corrected chi connectivity index (χ3v) is 2.12. The highest BCUT2D eigenvalue weighted by atomic mass is 16.4. The lowest BCUT2D eigenvalue weighted by molar-refractivity contribution is -0.136. The van der Waals surface area contributed by atoms with Gasteiger partial charge in [0.2, 0.25) is 0 Å². The Morgan fingerprint density at radius 1 is 1.47 bits per heavy atom. The predicted octanol–water partition coefficient (Wildman–Crippen LogP) is 1.45. The quantitative estimate of drug-likeness (QED) is 0.782. The van der Waals surface area contributed by atoms with E-state index in [9.17, 15) is 9.90 Å². The molecule has 0 unspecified atom stereocenters. The largest absolute Gasteiger partial charge is 0.508 e. The monoisotopic (exact) mass is 205 g/mol. The van der Waals surface area contributed by atoms with Gasteiger partial charge in [-0.05, 0) is 29.7 Å². The summed E-state index contributed by atoms with van der Waals surface area (Å²) in [5.74, 6) is -1.01. The molecule has 0 aliphatic carbocycles. The molecule has 0 spiro atoms. The van der Waals surface area contributed by atoms with E-state index in [4.69, 9.17) is 10.4 Å². The van der Waals surface area contributed by atoms with Crippen LogP contribution in [0.4, 0.5) is 0 Å². The lowest BCUT2D eigenvalue weighted by Crippen LogP contribution is -2.04. The van der Waals surface area contributed by atoms with Crippen molar-refractivity contribution in [2.75, 3.05) is 0 Å². The number of nitriles is 1. The third-order valence-electron chi connectivity index (χ3n) is 2.12. The first-order chi connectivity index (χ1) is 7.08. The molecule has 0 aliphatic heterocycles. The number of aryl methyl sites for hydroxylation is 1. The molecule has 1 aromatic rings. The molecule has 0 atom stereocenters. The third kappa shape index (κ3) is 2.47. The lowest BCUT2D eigenvalue weighted by Gasteiger charge is -2.07. The summed E-state index contributed by atoms with van der Waals surface area (Å²) in [7, 11) is 0. The fourth-order valence-corrected chi connectivity index (χ4v) is 1.47. The van der Waals surface area contributed by atoms with Gasteiger partial charge in [-0.2, -0.15) is 5.26 Å². The highest BCUT2D eigenvalue weighted by Gasteiger charge is 2.11. The zero-order chi connectivity index (χ0) is 11.4. The van der Waals surface area contributed by atoms with E-state index < -0.39 is 5.97 Å². The highest BCUT2D eigenvalue weighted by Crippen LogP contribution is 2.22. The van der Waals surface area contributed by atoms with E-state index in [0.29, 0.717) is 23.1 Å². The minimum absolute atomic E-state index is 0.00194. The second kappa shape index (κ2) is 4.47. The average molecular weight is 205 g/mol. The van der Waals surface area contributed by atoms with Crippen LogP contribution in [0.3, 0.4) is 0 Å². The van der Waals surface area contributed by atoms with Crippen LogP contribution in [0.2, 0.25) is 0 Å². The topological polar surface area (TPSA) is 81.3 Å². The van der Waals surface area contributed by atoms with Gasteiger partial charge < -0.3 is 10.2 Å². The molecule has 0 aromatic heterocycles. The minimum Gasteiger partial charge on any atom is -0.508 e. The van der Waals surface area contributed by atoms with Crippen molar-refractivity contribution in [2.24, 2.45) is 0 Å². The summed E-state index contributed by atoms with van der Waals surface area (Å²) in [5.41, 5.74) is 1.40. The molecule has 0 saturated heterocycles. The van der Waals surface area contributed by atoms with Gasteiger partial charge in [0.05, 0.1) is 18.1 Å². The lowest BCUT2D eigenvalue weighted by atomic mass is 9.97. The smallest absolute Gasteiger partial charge is 0.307 e. The molecule has 0 fully saturated rings. The van der Waals surface area contributed by atoms with Crippen molar-refractivity contribution in [3.8, 4) is 11.8 Å². The van der Waals surface area contributed by atoms with Crippen molar-refractivity contribution >= 4 is 5.97 Å². The van der Waals surface area contributed by atoms with Crippen LogP contribution in [0.25, 0.3) is 0 Å². The van der Waals surface area contributed by atoms with E-state index in [1.54, 1.807) is 0 Å². The van der Waals surface area contributed by atoms with Crippen molar-refractivity contribution in [1.29, 1.82) is 5.26 Å². The zero-order valence-corrected chi connectivity index (χ0v) is 8.32. The van der Waals surface area contributed by atoms with Crippen LogP contribution in [0.15, 0.2) is 12.1 Å². The van der Waals surface area contributed by atoms with E-state index in [0.717, 1.165) is 0 Å². The maximum Gasteiger partial charge on any atom is 0.307 e. The Kier molecular flexibility index (Phi) is 3.29. The van der Waals surface area contributed by atoms with Gasteiger partial charge in [0.25, 0.3) is 0 Å². The van der Waals surface area contributed by atoms with Crippen molar-refractivity contribution in [3.63, 3.8) is 0 Å². The Bertz CT molecular complexity index is 432. The molecule has 1 rings (SSSR count). The number of hydrogen-bond acceptors (Lipinski definition) is 3. The Morgan fingerprint density at radius 2 is 2.07 bits per heavy atom. The highest BCUT2D eigenvalue weighted by molar-refractivity contribution is 5.72.